The lowest BCUT2D eigenvalue weighted by Crippen LogP contribution is -2.46. The lowest BCUT2D eigenvalue weighted by molar-refractivity contribution is -0.129. The van der Waals surface area contributed by atoms with Crippen molar-refractivity contribution >= 4 is 17.5 Å². The number of hydrogen-bond donors (Lipinski definition) is 3. The van der Waals surface area contributed by atoms with Crippen LogP contribution in [0.15, 0.2) is 0 Å². The van der Waals surface area contributed by atoms with Gasteiger partial charge in [-0.1, -0.05) is 0 Å². The van der Waals surface area contributed by atoms with Crippen molar-refractivity contribution in [2.24, 2.45) is 5.41 Å². The van der Waals surface area contributed by atoms with Gasteiger partial charge in [0.05, 0.1) is 24.7 Å². The van der Waals surface area contributed by atoms with Gasteiger partial charge in [-0.3, -0.25) is 4.79 Å². The maximum absolute atomic E-state index is 11.4. The number of aliphatic hydroxyl groups excluding tert-OH is 2. The third-order valence-electron chi connectivity index (χ3n) is 1.72. The van der Waals surface area contributed by atoms with Crippen LogP contribution in [-0.4, -0.2) is 41.3 Å². The van der Waals surface area contributed by atoms with Crippen molar-refractivity contribution in [2.75, 3.05) is 19.1 Å². The standard InChI is InChI=1S/C8H16ClNO3/c1-8(2,5-9)7(13)10-6(3-11)4-12/h6,11-12H,3-5H2,1-2H3,(H,10,13). The average Bonchev–Trinajstić information content (AvgIpc) is 2.13. The van der Waals surface area contributed by atoms with Gasteiger partial charge < -0.3 is 15.5 Å². The molecular formula is C8H16ClNO3. The quantitative estimate of drug-likeness (QED) is 0.546. The molecule has 0 rings (SSSR count). The van der Waals surface area contributed by atoms with Crippen LogP contribution in [0.3, 0.4) is 0 Å². The Balaban J connectivity index is 4.13. The molecule has 0 unspecified atom stereocenters. The number of halogens is 1. The van der Waals surface area contributed by atoms with Crippen LogP contribution in [-0.2, 0) is 4.79 Å². The molecule has 0 aromatic rings. The Labute approximate surface area is 82.9 Å². The van der Waals surface area contributed by atoms with E-state index < -0.39 is 11.5 Å². The summed E-state index contributed by atoms with van der Waals surface area (Å²) in [4.78, 5) is 11.4. The maximum atomic E-state index is 11.4. The molecule has 0 aliphatic carbocycles. The highest BCUT2D eigenvalue weighted by Crippen LogP contribution is 2.16. The minimum Gasteiger partial charge on any atom is -0.394 e. The average molecular weight is 210 g/mol. The van der Waals surface area contributed by atoms with Crippen LogP contribution >= 0.6 is 11.6 Å². The van der Waals surface area contributed by atoms with Gasteiger partial charge in [-0.05, 0) is 13.8 Å². The molecule has 78 valence electrons. The van der Waals surface area contributed by atoms with Crippen LogP contribution in [0.2, 0.25) is 0 Å². The normalized spacial score (nSPS) is 11.8. The molecule has 0 heterocycles. The van der Waals surface area contributed by atoms with Gasteiger partial charge in [0.1, 0.15) is 0 Å². The SMILES string of the molecule is CC(C)(CCl)C(=O)NC(CO)CO. The zero-order valence-corrected chi connectivity index (χ0v) is 8.64. The van der Waals surface area contributed by atoms with Crippen molar-refractivity contribution in [3.8, 4) is 0 Å². The predicted octanol–water partition coefficient (Wildman–Crippen LogP) is -0.279. The Morgan fingerprint density at radius 2 is 1.92 bits per heavy atom. The van der Waals surface area contributed by atoms with Gasteiger partial charge in [-0.2, -0.15) is 0 Å². The zero-order valence-electron chi connectivity index (χ0n) is 7.88. The van der Waals surface area contributed by atoms with Crippen molar-refractivity contribution < 1.29 is 15.0 Å². The molecule has 0 spiro atoms. The molecular weight excluding hydrogens is 194 g/mol. The van der Waals surface area contributed by atoms with Gasteiger partial charge in [0, 0.05) is 5.88 Å². The van der Waals surface area contributed by atoms with Gasteiger partial charge in [0.25, 0.3) is 0 Å². The molecule has 0 aromatic carbocycles. The van der Waals surface area contributed by atoms with E-state index in [0.717, 1.165) is 0 Å². The molecule has 0 aliphatic heterocycles. The molecule has 0 radical (unpaired) electrons. The minimum absolute atomic E-state index is 0.197. The zero-order chi connectivity index (χ0) is 10.5. The van der Waals surface area contributed by atoms with Crippen LogP contribution in [0.25, 0.3) is 0 Å². The third kappa shape index (κ3) is 3.93. The highest BCUT2D eigenvalue weighted by atomic mass is 35.5. The van der Waals surface area contributed by atoms with Crippen molar-refractivity contribution in [1.82, 2.24) is 5.32 Å². The molecule has 13 heavy (non-hydrogen) atoms. The Morgan fingerprint density at radius 1 is 1.46 bits per heavy atom. The number of aliphatic hydroxyl groups is 2. The lowest BCUT2D eigenvalue weighted by Gasteiger charge is -2.23. The number of rotatable bonds is 5. The van der Waals surface area contributed by atoms with E-state index in [9.17, 15) is 4.79 Å². The van der Waals surface area contributed by atoms with E-state index in [0.29, 0.717) is 0 Å². The second-order valence-corrected chi connectivity index (χ2v) is 3.82. The first-order valence-electron chi connectivity index (χ1n) is 4.06. The van der Waals surface area contributed by atoms with E-state index in [-0.39, 0.29) is 25.0 Å². The summed E-state index contributed by atoms with van der Waals surface area (Å²) >= 11 is 5.57. The summed E-state index contributed by atoms with van der Waals surface area (Å²) in [7, 11) is 0. The van der Waals surface area contributed by atoms with E-state index in [1.807, 2.05) is 0 Å². The summed E-state index contributed by atoms with van der Waals surface area (Å²) in [6.45, 7) is 2.84. The van der Waals surface area contributed by atoms with E-state index in [1.165, 1.54) is 0 Å². The van der Waals surface area contributed by atoms with Crippen LogP contribution in [0.1, 0.15) is 13.8 Å². The molecule has 0 bridgehead atoms. The molecule has 0 atom stereocenters. The van der Waals surface area contributed by atoms with E-state index in [4.69, 9.17) is 21.8 Å². The number of carbonyl (C=O) groups is 1. The summed E-state index contributed by atoms with van der Waals surface area (Å²) < 4.78 is 0. The molecule has 4 nitrogen and oxygen atoms in total. The number of hydrogen-bond acceptors (Lipinski definition) is 3. The number of amides is 1. The first-order chi connectivity index (χ1) is 5.97. The lowest BCUT2D eigenvalue weighted by atomic mass is 9.95. The fraction of sp³-hybridized carbons (Fsp3) is 0.875. The van der Waals surface area contributed by atoms with Crippen molar-refractivity contribution in [2.45, 2.75) is 19.9 Å². The van der Waals surface area contributed by atoms with Gasteiger partial charge in [-0.25, -0.2) is 0 Å². The summed E-state index contributed by atoms with van der Waals surface area (Å²) in [5, 5.41) is 19.9. The fourth-order valence-electron chi connectivity index (χ4n) is 0.590. The molecule has 0 aliphatic rings. The van der Waals surface area contributed by atoms with Gasteiger partial charge in [-0.15, -0.1) is 11.6 Å². The van der Waals surface area contributed by atoms with Crippen molar-refractivity contribution in [3.63, 3.8) is 0 Å². The van der Waals surface area contributed by atoms with Crippen LogP contribution < -0.4 is 5.32 Å². The minimum atomic E-state index is -0.676. The predicted molar refractivity (Wildman–Crippen MR) is 50.6 cm³/mol. The Hall–Kier alpha value is -0.320. The maximum Gasteiger partial charge on any atom is 0.227 e. The number of carbonyl (C=O) groups excluding carboxylic acids is 1. The smallest absolute Gasteiger partial charge is 0.227 e. The molecule has 0 saturated heterocycles. The van der Waals surface area contributed by atoms with Crippen molar-refractivity contribution in [1.29, 1.82) is 0 Å². The topological polar surface area (TPSA) is 69.6 Å². The number of alkyl halides is 1. The van der Waals surface area contributed by atoms with Crippen molar-refractivity contribution in [3.05, 3.63) is 0 Å². The molecule has 1 amide bonds. The van der Waals surface area contributed by atoms with Gasteiger partial charge in [0.15, 0.2) is 0 Å². The molecule has 0 saturated carbocycles. The fourth-order valence-corrected chi connectivity index (χ4v) is 0.712. The summed E-state index contributed by atoms with van der Waals surface area (Å²) in [6.07, 6.45) is 0. The molecule has 3 N–H and O–H groups in total. The van der Waals surface area contributed by atoms with E-state index in [1.54, 1.807) is 13.8 Å². The van der Waals surface area contributed by atoms with Crippen LogP contribution in [0, 0.1) is 5.41 Å². The number of nitrogens with one attached hydrogen (secondary N) is 1. The molecule has 0 aromatic heterocycles. The van der Waals surface area contributed by atoms with Gasteiger partial charge in [0.2, 0.25) is 5.91 Å². The molecule has 0 fully saturated rings. The Kier molecular flexibility index (Phi) is 5.29. The van der Waals surface area contributed by atoms with Crippen LogP contribution in [0.4, 0.5) is 0 Å². The monoisotopic (exact) mass is 209 g/mol. The van der Waals surface area contributed by atoms with Gasteiger partial charge >= 0.3 is 0 Å². The first kappa shape index (κ1) is 12.7. The third-order valence-corrected chi connectivity index (χ3v) is 2.39. The summed E-state index contributed by atoms with van der Waals surface area (Å²) in [5.74, 6) is -0.0711. The first-order valence-corrected chi connectivity index (χ1v) is 4.60. The highest BCUT2D eigenvalue weighted by molar-refractivity contribution is 6.19. The molecule has 5 heteroatoms. The summed E-state index contributed by atoms with van der Waals surface area (Å²) in [5.41, 5.74) is -0.676. The van der Waals surface area contributed by atoms with E-state index in [2.05, 4.69) is 5.32 Å². The Bertz CT molecular complexity index is 169. The van der Waals surface area contributed by atoms with E-state index >= 15 is 0 Å². The highest BCUT2D eigenvalue weighted by Gasteiger charge is 2.27. The van der Waals surface area contributed by atoms with Crippen LogP contribution in [0.5, 0.6) is 0 Å². The second kappa shape index (κ2) is 5.42. The Morgan fingerprint density at radius 3 is 2.23 bits per heavy atom. The summed E-state index contributed by atoms with van der Waals surface area (Å²) in [6, 6.07) is -0.602. The largest absolute Gasteiger partial charge is 0.394 e. The second-order valence-electron chi connectivity index (χ2n) is 3.55.